The molecule has 128 valence electrons. The molecule has 0 fully saturated rings. The molecule has 0 aliphatic heterocycles. The van der Waals surface area contributed by atoms with Gasteiger partial charge in [-0.25, -0.2) is 0 Å². The number of para-hydroxylation sites is 2. The fourth-order valence-electron chi connectivity index (χ4n) is 1.85. The van der Waals surface area contributed by atoms with Gasteiger partial charge in [-0.05, 0) is 12.1 Å². The Bertz CT molecular complexity index is 508. The van der Waals surface area contributed by atoms with Crippen molar-refractivity contribution in [2.75, 3.05) is 38.8 Å². The molecule has 1 aromatic rings. The van der Waals surface area contributed by atoms with Crippen molar-refractivity contribution >= 4 is 17.6 Å². The Labute approximate surface area is 134 Å². The number of ether oxygens (including phenoxy) is 2. The van der Waals surface area contributed by atoms with Crippen LogP contribution in [0.1, 0.15) is 6.42 Å². The van der Waals surface area contributed by atoms with Crippen LogP contribution in [-0.4, -0.2) is 61.6 Å². The topological polar surface area (TPSA) is 117 Å². The smallest absolute Gasteiger partial charge is 0.321 e. The minimum Gasteiger partial charge on any atom is -0.495 e. The van der Waals surface area contributed by atoms with Crippen LogP contribution in [0.2, 0.25) is 0 Å². The van der Waals surface area contributed by atoms with Crippen LogP contribution in [0, 0.1) is 0 Å². The van der Waals surface area contributed by atoms with Gasteiger partial charge in [0.2, 0.25) is 5.91 Å². The van der Waals surface area contributed by atoms with Gasteiger partial charge in [-0.3, -0.25) is 9.59 Å². The Morgan fingerprint density at radius 2 is 2.00 bits per heavy atom. The van der Waals surface area contributed by atoms with Crippen LogP contribution in [0.5, 0.6) is 5.75 Å². The zero-order chi connectivity index (χ0) is 17.1. The first kappa shape index (κ1) is 18.9. The van der Waals surface area contributed by atoms with Crippen LogP contribution in [0.4, 0.5) is 5.69 Å². The van der Waals surface area contributed by atoms with Gasteiger partial charge < -0.3 is 30.3 Å². The summed E-state index contributed by atoms with van der Waals surface area (Å²) in [6.07, 6.45) is -0.229. The Balaban J connectivity index is 2.49. The van der Waals surface area contributed by atoms with Crippen molar-refractivity contribution in [2.24, 2.45) is 0 Å². The molecule has 1 rings (SSSR count). The van der Waals surface area contributed by atoms with Crippen LogP contribution in [0.25, 0.3) is 0 Å². The van der Waals surface area contributed by atoms with Crippen molar-refractivity contribution in [3.8, 4) is 5.75 Å². The molecule has 1 atom stereocenters. The molecule has 23 heavy (non-hydrogen) atoms. The molecule has 0 saturated heterocycles. The summed E-state index contributed by atoms with van der Waals surface area (Å²) in [4.78, 5) is 23.2. The third-order valence-electron chi connectivity index (χ3n) is 2.94. The number of benzene rings is 1. The highest BCUT2D eigenvalue weighted by Crippen LogP contribution is 2.23. The lowest BCUT2D eigenvalue weighted by molar-refractivity contribution is -0.141. The Kier molecular flexibility index (Phi) is 8.66. The summed E-state index contributed by atoms with van der Waals surface area (Å²) >= 11 is 0. The number of carbonyl (C=O) groups excluding carboxylic acids is 1. The number of aliphatic carboxylic acids is 1. The summed E-state index contributed by atoms with van der Waals surface area (Å²) in [5.41, 5.74) is 0.482. The van der Waals surface area contributed by atoms with Gasteiger partial charge in [-0.15, -0.1) is 0 Å². The van der Waals surface area contributed by atoms with Gasteiger partial charge in [-0.2, -0.15) is 0 Å². The first-order valence-corrected chi connectivity index (χ1v) is 7.16. The fraction of sp³-hybridized carbons (Fsp3) is 0.467. The van der Waals surface area contributed by atoms with Crippen molar-refractivity contribution in [2.45, 2.75) is 12.5 Å². The number of nitrogens with one attached hydrogen (secondary N) is 2. The third kappa shape index (κ3) is 7.09. The van der Waals surface area contributed by atoms with Gasteiger partial charge in [-0.1, -0.05) is 12.1 Å². The number of carboxylic acids is 1. The van der Waals surface area contributed by atoms with E-state index in [9.17, 15) is 9.59 Å². The fourth-order valence-corrected chi connectivity index (χ4v) is 1.85. The summed E-state index contributed by atoms with van der Waals surface area (Å²) in [5, 5.41) is 23.1. The number of aliphatic hydroxyl groups excluding tert-OH is 1. The number of carbonyl (C=O) groups is 2. The maximum absolute atomic E-state index is 12.0. The first-order chi connectivity index (χ1) is 11.1. The van der Waals surface area contributed by atoms with Crippen LogP contribution < -0.4 is 15.4 Å². The molecule has 0 radical (unpaired) electrons. The number of aliphatic hydroxyl groups is 1. The standard InChI is InChI=1S/C15H22N2O6/c1-22-13-5-3-2-4-11(13)17-14(19)10-12(15(20)21)16-6-8-23-9-7-18/h2-5,12,16,18H,6-10H2,1H3,(H,17,19)(H,20,21). The van der Waals surface area contributed by atoms with E-state index in [1.54, 1.807) is 24.3 Å². The molecule has 8 nitrogen and oxygen atoms in total. The molecule has 1 aromatic carbocycles. The van der Waals surface area contributed by atoms with E-state index in [1.807, 2.05) is 0 Å². The first-order valence-electron chi connectivity index (χ1n) is 7.16. The largest absolute Gasteiger partial charge is 0.495 e. The number of amides is 1. The van der Waals surface area contributed by atoms with Gasteiger partial charge in [0.25, 0.3) is 0 Å². The maximum atomic E-state index is 12.0. The molecule has 0 aliphatic rings. The van der Waals surface area contributed by atoms with Crippen LogP contribution in [0.3, 0.4) is 0 Å². The Morgan fingerprint density at radius 3 is 2.65 bits per heavy atom. The van der Waals surface area contributed by atoms with Gasteiger partial charge in [0.15, 0.2) is 0 Å². The molecule has 1 unspecified atom stereocenters. The lowest BCUT2D eigenvalue weighted by Crippen LogP contribution is -2.41. The summed E-state index contributed by atoms with van der Waals surface area (Å²) in [6, 6.07) is 5.85. The number of carboxylic acid groups (broad SMARTS) is 1. The van der Waals surface area contributed by atoms with E-state index in [4.69, 9.17) is 19.7 Å². The zero-order valence-electron chi connectivity index (χ0n) is 12.9. The molecule has 0 bridgehead atoms. The lowest BCUT2D eigenvalue weighted by Gasteiger charge is -2.15. The number of rotatable bonds is 11. The highest BCUT2D eigenvalue weighted by molar-refractivity contribution is 5.95. The van der Waals surface area contributed by atoms with Gasteiger partial charge >= 0.3 is 5.97 Å². The summed E-state index contributed by atoms with van der Waals surface area (Å²) in [5.74, 6) is -1.06. The van der Waals surface area contributed by atoms with Crippen molar-refractivity contribution in [1.29, 1.82) is 0 Å². The summed E-state index contributed by atoms with van der Waals surface area (Å²) in [7, 11) is 1.49. The predicted molar refractivity (Wildman–Crippen MR) is 83.6 cm³/mol. The highest BCUT2D eigenvalue weighted by Gasteiger charge is 2.21. The molecular formula is C15H22N2O6. The van der Waals surface area contributed by atoms with Crippen LogP contribution in [-0.2, 0) is 14.3 Å². The van der Waals surface area contributed by atoms with Crippen LogP contribution >= 0.6 is 0 Å². The second-order valence-electron chi connectivity index (χ2n) is 4.63. The number of hydrogen-bond donors (Lipinski definition) is 4. The number of anilines is 1. The number of methoxy groups -OCH3 is 1. The molecule has 0 aromatic heterocycles. The lowest BCUT2D eigenvalue weighted by atomic mass is 10.2. The van der Waals surface area contributed by atoms with Gasteiger partial charge in [0.05, 0.1) is 39.0 Å². The quantitative estimate of drug-likeness (QED) is 0.425. The van der Waals surface area contributed by atoms with E-state index in [0.29, 0.717) is 11.4 Å². The van der Waals surface area contributed by atoms with E-state index in [2.05, 4.69) is 10.6 Å². The average Bonchev–Trinajstić information content (AvgIpc) is 2.53. The summed E-state index contributed by atoms with van der Waals surface area (Å²) < 4.78 is 10.1. The van der Waals surface area contributed by atoms with E-state index < -0.39 is 17.9 Å². The minimum atomic E-state index is -1.12. The van der Waals surface area contributed by atoms with E-state index >= 15 is 0 Å². The predicted octanol–water partition coefficient (Wildman–Crippen LogP) is 0.0755. The van der Waals surface area contributed by atoms with Gasteiger partial charge in [0, 0.05) is 6.54 Å². The molecule has 0 aliphatic carbocycles. The normalized spacial score (nSPS) is 11.7. The minimum absolute atomic E-state index is 0.0936. The second-order valence-corrected chi connectivity index (χ2v) is 4.63. The molecule has 0 spiro atoms. The second kappa shape index (κ2) is 10.5. The molecule has 0 heterocycles. The van der Waals surface area contributed by atoms with E-state index in [1.165, 1.54) is 7.11 Å². The Morgan fingerprint density at radius 1 is 1.26 bits per heavy atom. The molecule has 8 heteroatoms. The van der Waals surface area contributed by atoms with E-state index in [0.717, 1.165) is 0 Å². The SMILES string of the molecule is COc1ccccc1NC(=O)CC(NCCOCCO)C(=O)O. The highest BCUT2D eigenvalue weighted by atomic mass is 16.5. The third-order valence-corrected chi connectivity index (χ3v) is 2.94. The van der Waals surface area contributed by atoms with Gasteiger partial charge in [0.1, 0.15) is 11.8 Å². The molecular weight excluding hydrogens is 304 g/mol. The average molecular weight is 326 g/mol. The molecule has 4 N–H and O–H groups in total. The van der Waals surface area contributed by atoms with Crippen LogP contribution in [0.15, 0.2) is 24.3 Å². The molecule has 0 saturated carbocycles. The monoisotopic (exact) mass is 326 g/mol. The van der Waals surface area contributed by atoms with E-state index in [-0.39, 0.29) is 32.8 Å². The zero-order valence-corrected chi connectivity index (χ0v) is 12.9. The number of hydrogen-bond acceptors (Lipinski definition) is 6. The maximum Gasteiger partial charge on any atom is 0.321 e. The van der Waals surface area contributed by atoms with Crippen molar-refractivity contribution in [3.05, 3.63) is 24.3 Å². The van der Waals surface area contributed by atoms with Crippen molar-refractivity contribution in [3.63, 3.8) is 0 Å². The van der Waals surface area contributed by atoms with Crippen molar-refractivity contribution < 1.29 is 29.3 Å². The van der Waals surface area contributed by atoms with Crippen molar-refractivity contribution in [1.82, 2.24) is 5.32 Å². The Hall–Kier alpha value is -2.16. The summed E-state index contributed by atoms with van der Waals surface area (Å²) in [6.45, 7) is 0.606. The molecule has 1 amide bonds.